The van der Waals surface area contributed by atoms with E-state index in [2.05, 4.69) is 15.5 Å². The normalized spacial score (nSPS) is 10.6. The van der Waals surface area contributed by atoms with E-state index in [4.69, 9.17) is 8.83 Å². The maximum atomic E-state index is 11.8. The maximum absolute atomic E-state index is 11.8. The molecule has 0 aliphatic heterocycles. The third-order valence-electron chi connectivity index (χ3n) is 2.58. The van der Waals surface area contributed by atoms with Gasteiger partial charge in [0.25, 0.3) is 0 Å². The number of rotatable bonds is 5. The molecule has 0 atom stereocenters. The molecule has 3 aromatic heterocycles. The van der Waals surface area contributed by atoms with Crippen LogP contribution in [0.1, 0.15) is 12.2 Å². The van der Waals surface area contributed by atoms with Crippen LogP contribution in [0.4, 0.5) is 5.13 Å². The van der Waals surface area contributed by atoms with Gasteiger partial charge in [-0.25, -0.2) is 0 Å². The van der Waals surface area contributed by atoms with Crippen LogP contribution in [0.2, 0.25) is 0 Å². The highest BCUT2D eigenvalue weighted by atomic mass is 32.1. The minimum atomic E-state index is -0.122. The van der Waals surface area contributed by atoms with Gasteiger partial charge in [-0.05, 0) is 24.3 Å². The lowest BCUT2D eigenvalue weighted by molar-refractivity contribution is -0.116. The summed E-state index contributed by atoms with van der Waals surface area (Å²) >= 11 is 1.27. The van der Waals surface area contributed by atoms with E-state index in [0.29, 0.717) is 28.7 Å². The van der Waals surface area contributed by atoms with Crippen LogP contribution in [0.5, 0.6) is 0 Å². The molecule has 3 heterocycles. The second kappa shape index (κ2) is 5.70. The van der Waals surface area contributed by atoms with E-state index in [0.717, 1.165) is 5.76 Å². The molecule has 0 aromatic carbocycles. The number of amides is 1. The van der Waals surface area contributed by atoms with E-state index >= 15 is 0 Å². The molecule has 102 valence electrons. The molecule has 0 spiro atoms. The van der Waals surface area contributed by atoms with E-state index in [-0.39, 0.29) is 5.91 Å². The largest absolute Gasteiger partial charge is 0.469 e. The molecule has 0 fully saturated rings. The van der Waals surface area contributed by atoms with Crippen molar-refractivity contribution in [1.82, 2.24) is 10.2 Å². The fourth-order valence-electron chi connectivity index (χ4n) is 1.65. The Bertz CT molecular complexity index is 674. The van der Waals surface area contributed by atoms with Crippen LogP contribution in [-0.4, -0.2) is 16.1 Å². The molecule has 0 saturated carbocycles. The third kappa shape index (κ3) is 2.94. The molecule has 7 heteroatoms. The Morgan fingerprint density at radius 1 is 1.20 bits per heavy atom. The summed E-state index contributed by atoms with van der Waals surface area (Å²) in [6, 6.07) is 7.21. The number of nitrogens with one attached hydrogen (secondary N) is 1. The fraction of sp³-hybridized carbons (Fsp3) is 0.154. The Balaban J connectivity index is 1.56. The molecule has 6 nitrogen and oxygen atoms in total. The van der Waals surface area contributed by atoms with Gasteiger partial charge in [0.15, 0.2) is 10.8 Å². The van der Waals surface area contributed by atoms with Gasteiger partial charge in [0, 0.05) is 12.8 Å². The first-order chi connectivity index (χ1) is 9.81. The van der Waals surface area contributed by atoms with Crippen LogP contribution in [0, 0.1) is 0 Å². The van der Waals surface area contributed by atoms with Gasteiger partial charge in [0.05, 0.1) is 12.5 Å². The summed E-state index contributed by atoms with van der Waals surface area (Å²) in [5.41, 5.74) is 0. The molecule has 0 radical (unpaired) electrons. The number of hydrogen-bond donors (Lipinski definition) is 1. The monoisotopic (exact) mass is 289 g/mol. The van der Waals surface area contributed by atoms with Gasteiger partial charge in [-0.2, -0.15) is 0 Å². The van der Waals surface area contributed by atoms with Gasteiger partial charge < -0.3 is 14.2 Å². The van der Waals surface area contributed by atoms with Crippen LogP contribution >= 0.6 is 11.3 Å². The van der Waals surface area contributed by atoms with Crippen molar-refractivity contribution in [2.45, 2.75) is 12.8 Å². The molecule has 3 rings (SSSR count). The predicted octanol–water partition coefficient (Wildman–Crippen LogP) is 2.96. The number of nitrogens with zero attached hydrogens (tertiary/aromatic N) is 2. The number of carbonyl (C=O) groups excluding carboxylic acids is 1. The van der Waals surface area contributed by atoms with Crippen LogP contribution in [0.3, 0.4) is 0 Å². The summed E-state index contributed by atoms with van der Waals surface area (Å²) in [6.07, 6.45) is 4.05. The summed E-state index contributed by atoms with van der Waals surface area (Å²) in [4.78, 5) is 11.8. The Labute approximate surface area is 118 Å². The Morgan fingerprint density at radius 3 is 2.80 bits per heavy atom. The molecular formula is C13H11N3O3S. The van der Waals surface area contributed by atoms with Gasteiger partial charge in [-0.15, -0.1) is 10.2 Å². The molecule has 3 aromatic rings. The highest BCUT2D eigenvalue weighted by Crippen LogP contribution is 2.26. The zero-order chi connectivity index (χ0) is 13.8. The van der Waals surface area contributed by atoms with E-state index in [1.807, 2.05) is 6.07 Å². The van der Waals surface area contributed by atoms with Gasteiger partial charge in [0.1, 0.15) is 5.76 Å². The number of furan rings is 2. The minimum absolute atomic E-state index is 0.122. The van der Waals surface area contributed by atoms with Crippen molar-refractivity contribution in [2.75, 3.05) is 5.32 Å². The van der Waals surface area contributed by atoms with Crippen molar-refractivity contribution in [1.29, 1.82) is 0 Å². The molecule has 0 unspecified atom stereocenters. The van der Waals surface area contributed by atoms with E-state index < -0.39 is 0 Å². The van der Waals surface area contributed by atoms with Crippen LogP contribution < -0.4 is 5.32 Å². The molecular weight excluding hydrogens is 278 g/mol. The summed E-state index contributed by atoms with van der Waals surface area (Å²) in [7, 11) is 0. The van der Waals surface area contributed by atoms with Crippen molar-refractivity contribution in [3.05, 3.63) is 42.6 Å². The number of anilines is 1. The molecule has 0 aliphatic carbocycles. The first kappa shape index (κ1) is 12.6. The molecule has 20 heavy (non-hydrogen) atoms. The van der Waals surface area contributed by atoms with Crippen molar-refractivity contribution in [3.8, 4) is 10.8 Å². The third-order valence-corrected chi connectivity index (χ3v) is 3.44. The van der Waals surface area contributed by atoms with Gasteiger partial charge in [0.2, 0.25) is 11.0 Å². The number of aromatic nitrogens is 2. The van der Waals surface area contributed by atoms with Crippen molar-refractivity contribution >= 4 is 22.4 Å². The van der Waals surface area contributed by atoms with E-state index in [1.54, 1.807) is 30.7 Å². The average molecular weight is 289 g/mol. The number of carbonyl (C=O) groups is 1. The van der Waals surface area contributed by atoms with Crippen LogP contribution in [-0.2, 0) is 11.2 Å². The smallest absolute Gasteiger partial charge is 0.226 e. The molecule has 0 aliphatic rings. The van der Waals surface area contributed by atoms with E-state index in [9.17, 15) is 4.79 Å². The van der Waals surface area contributed by atoms with Crippen molar-refractivity contribution in [2.24, 2.45) is 0 Å². The average Bonchev–Trinajstić information content (AvgIpc) is 3.18. The first-order valence-electron chi connectivity index (χ1n) is 6.01. The zero-order valence-corrected chi connectivity index (χ0v) is 11.2. The summed E-state index contributed by atoms with van der Waals surface area (Å²) in [6.45, 7) is 0. The van der Waals surface area contributed by atoms with E-state index in [1.165, 1.54) is 11.3 Å². The summed E-state index contributed by atoms with van der Waals surface area (Å²) in [5, 5.41) is 11.7. The van der Waals surface area contributed by atoms with Crippen molar-refractivity contribution < 1.29 is 13.6 Å². The minimum Gasteiger partial charge on any atom is -0.469 e. The van der Waals surface area contributed by atoms with Crippen molar-refractivity contribution in [3.63, 3.8) is 0 Å². The lowest BCUT2D eigenvalue weighted by Gasteiger charge is -1.98. The number of hydrogen-bond acceptors (Lipinski definition) is 6. The first-order valence-corrected chi connectivity index (χ1v) is 6.82. The lowest BCUT2D eigenvalue weighted by atomic mass is 10.2. The lowest BCUT2D eigenvalue weighted by Crippen LogP contribution is -2.11. The maximum Gasteiger partial charge on any atom is 0.226 e. The Morgan fingerprint density at radius 2 is 2.05 bits per heavy atom. The standard InChI is InChI=1S/C13H11N3O3S/c17-11(6-5-9-3-1-7-18-9)14-13-16-15-12(20-13)10-4-2-8-19-10/h1-4,7-8H,5-6H2,(H,14,16,17). The van der Waals surface area contributed by atoms with Gasteiger partial charge >= 0.3 is 0 Å². The van der Waals surface area contributed by atoms with Gasteiger partial charge in [-0.1, -0.05) is 11.3 Å². The summed E-state index contributed by atoms with van der Waals surface area (Å²) in [5.74, 6) is 1.30. The molecule has 0 saturated heterocycles. The second-order valence-electron chi connectivity index (χ2n) is 4.02. The Hall–Kier alpha value is -2.41. The summed E-state index contributed by atoms with van der Waals surface area (Å²) < 4.78 is 10.4. The van der Waals surface area contributed by atoms with Crippen LogP contribution in [0.15, 0.2) is 45.6 Å². The molecule has 1 N–H and O–H groups in total. The van der Waals surface area contributed by atoms with Gasteiger partial charge in [-0.3, -0.25) is 4.79 Å². The fourth-order valence-corrected chi connectivity index (χ4v) is 2.37. The quantitative estimate of drug-likeness (QED) is 0.781. The zero-order valence-electron chi connectivity index (χ0n) is 10.4. The highest BCUT2D eigenvalue weighted by Gasteiger charge is 2.11. The molecule has 1 amide bonds. The highest BCUT2D eigenvalue weighted by molar-refractivity contribution is 7.18. The topological polar surface area (TPSA) is 81.2 Å². The number of aryl methyl sites for hydroxylation is 1. The Kier molecular flexibility index (Phi) is 3.60. The predicted molar refractivity (Wildman–Crippen MR) is 73.3 cm³/mol. The molecule has 0 bridgehead atoms. The SMILES string of the molecule is O=C(CCc1ccco1)Nc1nnc(-c2ccco2)s1. The van der Waals surface area contributed by atoms with Crippen LogP contribution in [0.25, 0.3) is 10.8 Å². The second-order valence-corrected chi connectivity index (χ2v) is 4.99.